The molecule has 29 heavy (non-hydrogen) atoms. The van der Waals surface area contributed by atoms with E-state index in [1.54, 1.807) is 12.1 Å². The van der Waals surface area contributed by atoms with Crippen molar-refractivity contribution in [3.63, 3.8) is 0 Å². The molecule has 0 aliphatic rings. The molecule has 6 nitrogen and oxygen atoms in total. The first kappa shape index (κ1) is 22.4. The Balaban J connectivity index is 2.14. The second-order valence-corrected chi connectivity index (χ2v) is 6.60. The Kier molecular flexibility index (Phi) is 7.77. The summed E-state index contributed by atoms with van der Waals surface area (Å²) >= 11 is 0.584. The quantitative estimate of drug-likeness (QED) is 0.502. The summed E-state index contributed by atoms with van der Waals surface area (Å²) in [6.07, 6.45) is -4.32. The zero-order valence-electron chi connectivity index (χ0n) is 15.5. The second-order valence-electron chi connectivity index (χ2n) is 5.58. The van der Waals surface area contributed by atoms with Crippen LogP contribution in [0.5, 0.6) is 11.5 Å². The molecule has 0 heterocycles. The van der Waals surface area contributed by atoms with E-state index in [2.05, 4.69) is 10.1 Å². The van der Waals surface area contributed by atoms with Gasteiger partial charge in [-0.15, -0.1) is 11.8 Å². The molecule has 0 aliphatic carbocycles. The largest absolute Gasteiger partial charge is 0.493 e. The molecule has 0 spiro atoms. The number of rotatable bonds is 8. The third-order valence-corrected chi connectivity index (χ3v) is 4.66. The van der Waals surface area contributed by atoms with Gasteiger partial charge in [0.25, 0.3) is 5.91 Å². The summed E-state index contributed by atoms with van der Waals surface area (Å²) in [5, 5.41) is 2.60. The number of carbonyl (C=O) groups excluding carboxylic acids is 2. The molecule has 0 bridgehead atoms. The third-order valence-electron chi connectivity index (χ3n) is 3.53. The molecule has 10 heteroatoms. The Labute approximate surface area is 169 Å². The highest BCUT2D eigenvalue weighted by Gasteiger charge is 2.27. The van der Waals surface area contributed by atoms with Crippen LogP contribution in [-0.2, 0) is 9.53 Å². The predicted octanol–water partition coefficient (Wildman–Crippen LogP) is 4.15. The van der Waals surface area contributed by atoms with Crippen molar-refractivity contribution in [3.05, 3.63) is 48.0 Å². The van der Waals surface area contributed by atoms with Crippen LogP contribution < -0.4 is 14.8 Å². The summed E-state index contributed by atoms with van der Waals surface area (Å²) in [5.74, 6) is -1.75. The predicted molar refractivity (Wildman–Crippen MR) is 102 cm³/mol. The first-order valence-electron chi connectivity index (χ1n) is 8.21. The summed E-state index contributed by atoms with van der Waals surface area (Å²) in [5.41, 5.74) is 0.458. The van der Waals surface area contributed by atoms with E-state index < -0.39 is 23.8 Å². The van der Waals surface area contributed by atoms with E-state index in [-0.39, 0.29) is 29.4 Å². The number of benzene rings is 2. The van der Waals surface area contributed by atoms with Crippen molar-refractivity contribution in [1.29, 1.82) is 0 Å². The lowest BCUT2D eigenvalue weighted by Gasteiger charge is -2.13. The van der Waals surface area contributed by atoms with Crippen LogP contribution in [0.4, 0.5) is 18.9 Å². The molecule has 0 saturated carbocycles. The smallest absolute Gasteiger partial charge is 0.398 e. The van der Waals surface area contributed by atoms with Gasteiger partial charge in [0.05, 0.1) is 25.7 Å². The highest BCUT2D eigenvalue weighted by Crippen LogP contribution is 2.33. The van der Waals surface area contributed by atoms with Gasteiger partial charge in [0.1, 0.15) is 0 Å². The molecule has 0 saturated heterocycles. The van der Waals surface area contributed by atoms with E-state index in [0.29, 0.717) is 16.7 Å². The van der Waals surface area contributed by atoms with Gasteiger partial charge in [-0.05, 0) is 30.3 Å². The van der Waals surface area contributed by atoms with Crippen molar-refractivity contribution in [2.45, 2.75) is 11.1 Å². The molecule has 0 aromatic heterocycles. The van der Waals surface area contributed by atoms with Gasteiger partial charge in [-0.25, -0.2) is 4.79 Å². The molecular formula is C19H18F3NO5S. The highest BCUT2D eigenvalue weighted by molar-refractivity contribution is 7.99. The van der Waals surface area contributed by atoms with Crippen LogP contribution >= 0.6 is 11.8 Å². The van der Waals surface area contributed by atoms with Crippen LogP contribution in [0.2, 0.25) is 0 Å². The molecule has 2 rings (SSSR count). The van der Waals surface area contributed by atoms with E-state index >= 15 is 0 Å². The van der Waals surface area contributed by atoms with Gasteiger partial charge in [-0.3, -0.25) is 4.79 Å². The number of nitrogens with one attached hydrogen (secondary N) is 1. The van der Waals surface area contributed by atoms with Crippen molar-refractivity contribution in [2.75, 3.05) is 31.9 Å². The van der Waals surface area contributed by atoms with Crippen molar-refractivity contribution < 1.29 is 37.0 Å². The van der Waals surface area contributed by atoms with Crippen molar-refractivity contribution in [2.24, 2.45) is 0 Å². The highest BCUT2D eigenvalue weighted by atomic mass is 32.2. The zero-order valence-corrected chi connectivity index (χ0v) is 16.4. The zero-order chi connectivity index (χ0) is 21.4. The Morgan fingerprint density at radius 1 is 1.07 bits per heavy atom. The summed E-state index contributed by atoms with van der Waals surface area (Å²) in [6.45, 7) is -0.331. The Morgan fingerprint density at radius 3 is 2.45 bits per heavy atom. The van der Waals surface area contributed by atoms with Gasteiger partial charge in [-0.2, -0.15) is 13.2 Å². The fraction of sp³-hybridized carbons (Fsp3) is 0.263. The van der Waals surface area contributed by atoms with Crippen LogP contribution in [0.15, 0.2) is 47.4 Å². The average Bonchev–Trinajstić information content (AvgIpc) is 2.70. The Morgan fingerprint density at radius 2 is 1.79 bits per heavy atom. The first-order chi connectivity index (χ1) is 13.7. The average molecular weight is 429 g/mol. The molecule has 0 unspecified atom stereocenters. The minimum Gasteiger partial charge on any atom is -0.493 e. The number of thioether (sulfide) groups is 1. The number of ether oxygens (including phenoxy) is 3. The van der Waals surface area contributed by atoms with Gasteiger partial charge in [0, 0.05) is 10.5 Å². The van der Waals surface area contributed by atoms with E-state index in [1.165, 1.54) is 44.6 Å². The Hall–Kier alpha value is -2.88. The summed E-state index contributed by atoms with van der Waals surface area (Å²) in [4.78, 5) is 24.0. The standard InChI is InChI=1S/C19H18F3NO5S/c1-26-15-9-12(7-8-14(15)28-10-17(24)27-2)18(25)23-13-5-3-4-6-16(13)29-11-19(20,21)22/h3-9H,10-11H2,1-2H3,(H,23,25). The topological polar surface area (TPSA) is 73.9 Å². The number of methoxy groups -OCH3 is 2. The number of hydrogen-bond acceptors (Lipinski definition) is 6. The van der Waals surface area contributed by atoms with Gasteiger partial charge < -0.3 is 19.5 Å². The van der Waals surface area contributed by atoms with E-state index in [0.717, 1.165) is 0 Å². The van der Waals surface area contributed by atoms with Crippen LogP contribution in [0.1, 0.15) is 10.4 Å². The lowest BCUT2D eigenvalue weighted by Crippen LogP contribution is -2.15. The maximum atomic E-state index is 12.5. The van der Waals surface area contributed by atoms with Crippen LogP contribution in [-0.4, -0.2) is 44.6 Å². The number of hydrogen-bond donors (Lipinski definition) is 1. The van der Waals surface area contributed by atoms with Crippen LogP contribution in [0.3, 0.4) is 0 Å². The maximum absolute atomic E-state index is 12.5. The molecule has 1 amide bonds. The number of esters is 1. The minimum absolute atomic E-state index is 0.197. The number of carbonyl (C=O) groups is 2. The summed E-state index contributed by atoms with van der Waals surface area (Å²) < 4.78 is 52.4. The maximum Gasteiger partial charge on any atom is 0.398 e. The lowest BCUT2D eigenvalue weighted by atomic mass is 10.2. The SMILES string of the molecule is COC(=O)COc1ccc(C(=O)Nc2ccccc2SCC(F)(F)F)cc1OC. The van der Waals surface area contributed by atoms with Crippen LogP contribution in [0, 0.1) is 0 Å². The summed E-state index contributed by atoms with van der Waals surface area (Å²) in [6, 6.07) is 10.5. The van der Waals surface area contributed by atoms with Crippen molar-refractivity contribution in [1.82, 2.24) is 0 Å². The number of para-hydroxylation sites is 1. The lowest BCUT2D eigenvalue weighted by molar-refractivity contribution is -0.142. The van der Waals surface area contributed by atoms with Crippen molar-refractivity contribution in [3.8, 4) is 11.5 Å². The Bertz CT molecular complexity index is 873. The molecule has 0 aliphatic heterocycles. The van der Waals surface area contributed by atoms with Crippen LogP contribution in [0.25, 0.3) is 0 Å². The fourth-order valence-electron chi connectivity index (χ4n) is 2.17. The molecule has 2 aromatic rings. The molecule has 0 fully saturated rings. The molecule has 0 radical (unpaired) electrons. The van der Waals surface area contributed by atoms with Gasteiger partial charge >= 0.3 is 12.1 Å². The fourth-order valence-corrected chi connectivity index (χ4v) is 2.94. The molecule has 156 valence electrons. The van der Waals surface area contributed by atoms with Crippen molar-refractivity contribution >= 4 is 29.3 Å². The molecule has 0 atom stereocenters. The normalized spacial score (nSPS) is 10.9. The van der Waals surface area contributed by atoms with Gasteiger partial charge in [0.2, 0.25) is 0 Å². The van der Waals surface area contributed by atoms with Gasteiger partial charge in [0.15, 0.2) is 18.1 Å². The number of anilines is 1. The second kappa shape index (κ2) is 10.1. The van der Waals surface area contributed by atoms with E-state index in [1.807, 2.05) is 0 Å². The monoisotopic (exact) mass is 429 g/mol. The minimum atomic E-state index is -4.32. The first-order valence-corrected chi connectivity index (χ1v) is 9.19. The van der Waals surface area contributed by atoms with E-state index in [9.17, 15) is 22.8 Å². The molecule has 1 N–H and O–H groups in total. The summed E-state index contributed by atoms with van der Waals surface area (Å²) in [7, 11) is 2.59. The number of amides is 1. The van der Waals surface area contributed by atoms with Gasteiger partial charge in [-0.1, -0.05) is 12.1 Å². The molecular weight excluding hydrogens is 411 g/mol. The number of halogens is 3. The number of alkyl halides is 3. The third kappa shape index (κ3) is 6.90. The molecule has 2 aromatic carbocycles. The van der Waals surface area contributed by atoms with E-state index in [4.69, 9.17) is 9.47 Å².